The minimum Gasteiger partial charge on any atom is -0.356 e. The lowest BCUT2D eigenvalue weighted by molar-refractivity contribution is 0.232. The fraction of sp³-hybridized carbons (Fsp3) is 0.929. The van der Waals surface area contributed by atoms with E-state index in [2.05, 4.69) is 26.8 Å². The Kier molecular flexibility index (Phi) is 9.99. The van der Waals surface area contributed by atoms with Gasteiger partial charge < -0.3 is 15.5 Å². The highest BCUT2D eigenvalue weighted by molar-refractivity contribution is 7.98. The molecule has 1 rings (SSSR count). The third-order valence-corrected chi connectivity index (χ3v) is 4.16. The maximum Gasteiger partial charge on any atom is 0.191 e. The zero-order chi connectivity index (χ0) is 13.8. The summed E-state index contributed by atoms with van der Waals surface area (Å²) in [4.78, 5) is 6.80. The number of unbranched alkanes of at least 4 members (excludes halogenated alkanes) is 1. The first-order valence-electron chi connectivity index (χ1n) is 7.52. The van der Waals surface area contributed by atoms with Gasteiger partial charge in [0, 0.05) is 26.7 Å². The summed E-state index contributed by atoms with van der Waals surface area (Å²) in [6.45, 7) is 5.67. The summed E-state index contributed by atoms with van der Waals surface area (Å²) < 4.78 is 0. The highest BCUT2D eigenvalue weighted by atomic mass is 32.2. The van der Waals surface area contributed by atoms with Gasteiger partial charge in [-0.2, -0.15) is 11.8 Å². The van der Waals surface area contributed by atoms with Crippen LogP contribution in [0.4, 0.5) is 0 Å². The molecule has 0 aromatic carbocycles. The summed E-state index contributed by atoms with van der Waals surface area (Å²) in [7, 11) is 1.85. The predicted molar refractivity (Wildman–Crippen MR) is 87.3 cm³/mol. The third-order valence-electron chi connectivity index (χ3n) is 3.46. The second kappa shape index (κ2) is 11.4. The molecule has 1 heterocycles. The Morgan fingerprint density at radius 2 is 1.84 bits per heavy atom. The standard InChI is InChI=1S/C14H30N4S/c1-15-14(16-8-4-7-13-19-2)17-9-12-18-10-5-3-6-11-18/h3-13H2,1-2H3,(H2,15,16,17). The second-order valence-corrected chi connectivity index (χ2v) is 6.01. The van der Waals surface area contributed by atoms with Gasteiger partial charge in [0.2, 0.25) is 0 Å². The van der Waals surface area contributed by atoms with Crippen LogP contribution in [0.5, 0.6) is 0 Å². The molecule has 0 amide bonds. The Morgan fingerprint density at radius 3 is 2.53 bits per heavy atom. The molecular formula is C14H30N4S. The number of nitrogens with one attached hydrogen (secondary N) is 2. The zero-order valence-electron chi connectivity index (χ0n) is 12.6. The first-order valence-corrected chi connectivity index (χ1v) is 8.92. The van der Waals surface area contributed by atoms with E-state index in [-0.39, 0.29) is 0 Å². The van der Waals surface area contributed by atoms with E-state index < -0.39 is 0 Å². The quantitative estimate of drug-likeness (QED) is 0.405. The van der Waals surface area contributed by atoms with E-state index in [4.69, 9.17) is 0 Å². The second-order valence-electron chi connectivity index (χ2n) is 5.03. The van der Waals surface area contributed by atoms with Crippen LogP contribution >= 0.6 is 11.8 Å². The average Bonchev–Trinajstić information content (AvgIpc) is 2.46. The molecule has 2 N–H and O–H groups in total. The van der Waals surface area contributed by atoms with Crippen molar-refractivity contribution in [1.82, 2.24) is 15.5 Å². The van der Waals surface area contributed by atoms with Crippen LogP contribution in [0.2, 0.25) is 0 Å². The van der Waals surface area contributed by atoms with Gasteiger partial charge in [-0.3, -0.25) is 4.99 Å². The summed E-state index contributed by atoms with van der Waals surface area (Å²) in [5.74, 6) is 2.20. The van der Waals surface area contributed by atoms with E-state index in [1.54, 1.807) is 0 Å². The molecule has 0 aromatic heterocycles. The van der Waals surface area contributed by atoms with Crippen molar-refractivity contribution in [1.29, 1.82) is 0 Å². The molecule has 0 saturated carbocycles. The maximum atomic E-state index is 4.26. The minimum absolute atomic E-state index is 0.946. The molecule has 0 aliphatic carbocycles. The van der Waals surface area contributed by atoms with Crippen LogP contribution in [-0.2, 0) is 0 Å². The lowest BCUT2D eigenvalue weighted by Crippen LogP contribution is -2.42. The van der Waals surface area contributed by atoms with Gasteiger partial charge in [0.25, 0.3) is 0 Å². The van der Waals surface area contributed by atoms with E-state index in [1.165, 1.54) is 50.9 Å². The van der Waals surface area contributed by atoms with Crippen LogP contribution in [0, 0.1) is 0 Å². The van der Waals surface area contributed by atoms with Gasteiger partial charge in [0.05, 0.1) is 0 Å². The van der Waals surface area contributed by atoms with Crippen molar-refractivity contribution in [3.8, 4) is 0 Å². The number of likely N-dealkylation sites (tertiary alicyclic amines) is 1. The largest absolute Gasteiger partial charge is 0.356 e. The molecule has 0 bridgehead atoms. The molecule has 1 fully saturated rings. The number of rotatable bonds is 8. The topological polar surface area (TPSA) is 39.7 Å². The monoisotopic (exact) mass is 286 g/mol. The van der Waals surface area contributed by atoms with Gasteiger partial charge in [-0.1, -0.05) is 6.42 Å². The summed E-state index contributed by atoms with van der Waals surface area (Å²) in [6, 6.07) is 0. The van der Waals surface area contributed by atoms with E-state index in [0.29, 0.717) is 0 Å². The normalized spacial score (nSPS) is 17.5. The fourth-order valence-electron chi connectivity index (χ4n) is 2.31. The lowest BCUT2D eigenvalue weighted by Gasteiger charge is -2.26. The predicted octanol–water partition coefficient (Wildman–Crippen LogP) is 1.78. The van der Waals surface area contributed by atoms with Crippen molar-refractivity contribution in [2.24, 2.45) is 4.99 Å². The van der Waals surface area contributed by atoms with Gasteiger partial charge in [-0.05, 0) is 50.8 Å². The first-order chi connectivity index (χ1) is 9.36. The number of hydrogen-bond donors (Lipinski definition) is 2. The molecule has 0 radical (unpaired) electrons. The van der Waals surface area contributed by atoms with Crippen LogP contribution in [0.1, 0.15) is 32.1 Å². The molecule has 0 spiro atoms. The average molecular weight is 286 g/mol. The number of hydrogen-bond acceptors (Lipinski definition) is 3. The summed E-state index contributed by atoms with van der Waals surface area (Å²) in [6.07, 6.45) is 8.79. The Bertz CT molecular complexity index is 240. The zero-order valence-corrected chi connectivity index (χ0v) is 13.4. The summed E-state index contributed by atoms with van der Waals surface area (Å²) >= 11 is 1.92. The molecule has 112 valence electrons. The molecule has 0 unspecified atom stereocenters. The summed E-state index contributed by atoms with van der Waals surface area (Å²) in [5.41, 5.74) is 0. The number of aliphatic imine (C=N–C) groups is 1. The van der Waals surface area contributed by atoms with Gasteiger partial charge in [-0.15, -0.1) is 0 Å². The Labute approximate surface area is 122 Å². The van der Waals surface area contributed by atoms with Gasteiger partial charge >= 0.3 is 0 Å². The SMILES string of the molecule is CN=C(NCCCCSC)NCCN1CCCCC1. The van der Waals surface area contributed by atoms with Crippen LogP contribution < -0.4 is 10.6 Å². The highest BCUT2D eigenvalue weighted by Gasteiger charge is 2.09. The third kappa shape index (κ3) is 8.37. The van der Waals surface area contributed by atoms with Gasteiger partial charge in [-0.25, -0.2) is 0 Å². The minimum atomic E-state index is 0.946. The molecule has 0 atom stereocenters. The highest BCUT2D eigenvalue weighted by Crippen LogP contribution is 2.07. The molecule has 0 aromatic rings. The van der Waals surface area contributed by atoms with Crippen molar-refractivity contribution < 1.29 is 0 Å². The van der Waals surface area contributed by atoms with Crippen molar-refractivity contribution in [2.45, 2.75) is 32.1 Å². The van der Waals surface area contributed by atoms with E-state index in [0.717, 1.165) is 25.6 Å². The molecule has 1 aliphatic rings. The van der Waals surface area contributed by atoms with Crippen molar-refractivity contribution >= 4 is 17.7 Å². The molecular weight excluding hydrogens is 256 g/mol. The molecule has 4 nitrogen and oxygen atoms in total. The fourth-order valence-corrected chi connectivity index (χ4v) is 2.81. The molecule has 1 aliphatic heterocycles. The van der Waals surface area contributed by atoms with Crippen molar-refractivity contribution in [2.75, 3.05) is 51.8 Å². The first kappa shape index (κ1) is 16.6. The van der Waals surface area contributed by atoms with Crippen molar-refractivity contribution in [3.05, 3.63) is 0 Å². The number of nitrogens with zero attached hydrogens (tertiary/aromatic N) is 2. The van der Waals surface area contributed by atoms with Crippen LogP contribution in [-0.4, -0.2) is 62.6 Å². The molecule has 19 heavy (non-hydrogen) atoms. The van der Waals surface area contributed by atoms with E-state index in [1.807, 2.05) is 18.8 Å². The van der Waals surface area contributed by atoms with Gasteiger partial charge in [0.1, 0.15) is 0 Å². The Morgan fingerprint density at radius 1 is 1.11 bits per heavy atom. The van der Waals surface area contributed by atoms with Gasteiger partial charge in [0.15, 0.2) is 5.96 Å². The number of piperidine rings is 1. The smallest absolute Gasteiger partial charge is 0.191 e. The molecule has 5 heteroatoms. The van der Waals surface area contributed by atoms with Crippen LogP contribution in [0.3, 0.4) is 0 Å². The molecule has 1 saturated heterocycles. The van der Waals surface area contributed by atoms with Crippen LogP contribution in [0.25, 0.3) is 0 Å². The summed E-state index contributed by atoms with van der Waals surface area (Å²) in [5, 5.41) is 6.78. The van der Waals surface area contributed by atoms with Crippen molar-refractivity contribution in [3.63, 3.8) is 0 Å². The van der Waals surface area contributed by atoms with E-state index in [9.17, 15) is 0 Å². The Hall–Kier alpha value is -0.420. The van der Waals surface area contributed by atoms with E-state index >= 15 is 0 Å². The van der Waals surface area contributed by atoms with Crippen LogP contribution in [0.15, 0.2) is 4.99 Å². The maximum absolute atomic E-state index is 4.26. The lowest BCUT2D eigenvalue weighted by atomic mass is 10.1. The number of thioether (sulfide) groups is 1. The Balaban J connectivity index is 2.01. The number of guanidine groups is 1.